The zero-order valence-corrected chi connectivity index (χ0v) is 10.9. The molecule has 0 spiro atoms. The molecule has 0 aliphatic carbocycles. The minimum atomic E-state index is -1.12. The molecule has 5 heteroatoms. The summed E-state index contributed by atoms with van der Waals surface area (Å²) in [6.07, 6.45) is 0. The molecular weight excluding hydrogens is 271 g/mol. The van der Waals surface area contributed by atoms with Gasteiger partial charge in [-0.25, -0.2) is 13.9 Å². The summed E-state index contributed by atoms with van der Waals surface area (Å²) in [6, 6.07) is 16.4. The summed E-state index contributed by atoms with van der Waals surface area (Å²) in [5.41, 5.74) is 1.15. The van der Waals surface area contributed by atoms with Crippen LogP contribution in [0.25, 0.3) is 16.9 Å². The fraction of sp³-hybridized carbons (Fsp3) is 0. The third-order valence-corrected chi connectivity index (χ3v) is 3.08. The Bertz CT molecular complexity index is 797. The molecule has 0 saturated heterocycles. The molecular formula is C16H11FN2O2. The molecule has 3 rings (SSSR count). The van der Waals surface area contributed by atoms with Gasteiger partial charge in [0.05, 0.1) is 11.4 Å². The second-order valence-corrected chi connectivity index (χ2v) is 4.45. The van der Waals surface area contributed by atoms with Crippen molar-refractivity contribution < 1.29 is 14.3 Å². The van der Waals surface area contributed by atoms with E-state index >= 15 is 0 Å². The second-order valence-electron chi connectivity index (χ2n) is 4.45. The van der Waals surface area contributed by atoms with Gasteiger partial charge in [-0.3, -0.25) is 0 Å². The molecule has 0 amide bonds. The standard InChI is InChI=1S/C16H11FN2O2/c17-13-9-5-4-8-12(13)14-10-15(16(20)21)19(18-14)11-6-2-1-3-7-11/h1-10H,(H,20,21). The lowest BCUT2D eigenvalue weighted by molar-refractivity contribution is 0.0687. The van der Waals surface area contributed by atoms with E-state index in [0.717, 1.165) is 0 Å². The highest BCUT2D eigenvalue weighted by atomic mass is 19.1. The van der Waals surface area contributed by atoms with Crippen molar-refractivity contribution in [1.82, 2.24) is 9.78 Å². The molecule has 0 fully saturated rings. The van der Waals surface area contributed by atoms with Gasteiger partial charge in [0, 0.05) is 5.56 Å². The smallest absolute Gasteiger partial charge is 0.354 e. The maximum Gasteiger partial charge on any atom is 0.354 e. The van der Waals surface area contributed by atoms with Gasteiger partial charge < -0.3 is 5.11 Å². The monoisotopic (exact) mass is 282 g/mol. The van der Waals surface area contributed by atoms with Crippen molar-refractivity contribution in [2.45, 2.75) is 0 Å². The number of carboxylic acid groups (broad SMARTS) is 1. The molecule has 4 nitrogen and oxygen atoms in total. The van der Waals surface area contributed by atoms with E-state index in [0.29, 0.717) is 5.69 Å². The van der Waals surface area contributed by atoms with Crippen molar-refractivity contribution in [2.75, 3.05) is 0 Å². The number of hydrogen-bond donors (Lipinski definition) is 1. The largest absolute Gasteiger partial charge is 0.477 e. The summed E-state index contributed by atoms with van der Waals surface area (Å²) in [6.45, 7) is 0. The molecule has 0 bridgehead atoms. The molecule has 2 aromatic carbocycles. The lowest BCUT2D eigenvalue weighted by atomic mass is 10.1. The number of aromatic nitrogens is 2. The summed E-state index contributed by atoms with van der Waals surface area (Å²) >= 11 is 0. The fourth-order valence-corrected chi connectivity index (χ4v) is 2.10. The Kier molecular flexibility index (Phi) is 3.23. The number of para-hydroxylation sites is 1. The highest BCUT2D eigenvalue weighted by Crippen LogP contribution is 2.24. The highest BCUT2D eigenvalue weighted by Gasteiger charge is 2.18. The first kappa shape index (κ1) is 13.1. The Balaban J connectivity index is 2.18. The summed E-state index contributed by atoms with van der Waals surface area (Å²) < 4.78 is 15.1. The van der Waals surface area contributed by atoms with Crippen molar-refractivity contribution in [3.05, 3.63) is 72.2 Å². The van der Waals surface area contributed by atoms with Gasteiger partial charge in [-0.1, -0.05) is 30.3 Å². The van der Waals surface area contributed by atoms with E-state index in [2.05, 4.69) is 5.10 Å². The van der Waals surface area contributed by atoms with Crippen LogP contribution in [0.15, 0.2) is 60.7 Å². The number of carboxylic acids is 1. The van der Waals surface area contributed by atoms with Crippen LogP contribution in [-0.4, -0.2) is 20.9 Å². The number of halogens is 1. The van der Waals surface area contributed by atoms with Gasteiger partial charge in [-0.05, 0) is 30.3 Å². The Morgan fingerprint density at radius 1 is 1.05 bits per heavy atom. The van der Waals surface area contributed by atoms with E-state index in [-0.39, 0.29) is 17.0 Å². The average Bonchev–Trinajstić information content (AvgIpc) is 2.94. The maximum absolute atomic E-state index is 13.8. The lowest BCUT2D eigenvalue weighted by Crippen LogP contribution is -2.07. The number of carbonyl (C=O) groups is 1. The van der Waals surface area contributed by atoms with Crippen LogP contribution in [0.2, 0.25) is 0 Å². The summed E-state index contributed by atoms with van der Waals surface area (Å²) in [5, 5.41) is 13.5. The van der Waals surface area contributed by atoms with Crippen LogP contribution in [0.4, 0.5) is 4.39 Å². The average molecular weight is 282 g/mol. The van der Waals surface area contributed by atoms with Crippen LogP contribution in [0, 0.1) is 5.82 Å². The third kappa shape index (κ3) is 2.41. The predicted octanol–water partition coefficient (Wildman–Crippen LogP) is 3.38. The molecule has 3 aromatic rings. The van der Waals surface area contributed by atoms with Crippen molar-refractivity contribution in [1.29, 1.82) is 0 Å². The van der Waals surface area contributed by atoms with Gasteiger partial charge in [0.15, 0.2) is 5.69 Å². The minimum absolute atomic E-state index is 0.0144. The van der Waals surface area contributed by atoms with Gasteiger partial charge in [-0.15, -0.1) is 0 Å². The van der Waals surface area contributed by atoms with Gasteiger partial charge >= 0.3 is 5.97 Å². The first-order chi connectivity index (χ1) is 10.2. The quantitative estimate of drug-likeness (QED) is 0.801. The third-order valence-electron chi connectivity index (χ3n) is 3.08. The Labute approximate surface area is 120 Å². The predicted molar refractivity (Wildman–Crippen MR) is 75.9 cm³/mol. The topological polar surface area (TPSA) is 55.1 Å². The van der Waals surface area contributed by atoms with E-state index in [1.807, 2.05) is 6.07 Å². The normalized spacial score (nSPS) is 10.5. The van der Waals surface area contributed by atoms with Crippen molar-refractivity contribution in [2.24, 2.45) is 0 Å². The van der Waals surface area contributed by atoms with E-state index in [1.54, 1.807) is 42.5 Å². The highest BCUT2D eigenvalue weighted by molar-refractivity contribution is 5.88. The van der Waals surface area contributed by atoms with Crippen LogP contribution in [-0.2, 0) is 0 Å². The van der Waals surface area contributed by atoms with Gasteiger partial charge in [-0.2, -0.15) is 5.10 Å². The molecule has 0 aliphatic rings. The van der Waals surface area contributed by atoms with Crippen LogP contribution in [0.1, 0.15) is 10.5 Å². The number of nitrogens with zero attached hydrogens (tertiary/aromatic N) is 2. The summed E-state index contributed by atoms with van der Waals surface area (Å²) in [5.74, 6) is -1.55. The van der Waals surface area contributed by atoms with Crippen molar-refractivity contribution in [3.63, 3.8) is 0 Å². The summed E-state index contributed by atoms with van der Waals surface area (Å²) in [7, 11) is 0. The van der Waals surface area contributed by atoms with Gasteiger partial charge in [0.1, 0.15) is 5.82 Å². The van der Waals surface area contributed by atoms with E-state index in [1.165, 1.54) is 16.8 Å². The molecule has 1 heterocycles. The SMILES string of the molecule is O=C(O)c1cc(-c2ccccc2F)nn1-c1ccccc1. The molecule has 0 saturated carbocycles. The number of aromatic carboxylic acids is 1. The van der Waals surface area contributed by atoms with Crippen LogP contribution in [0.5, 0.6) is 0 Å². The minimum Gasteiger partial charge on any atom is -0.477 e. The summed E-state index contributed by atoms with van der Waals surface area (Å²) in [4.78, 5) is 11.4. The molecule has 1 N–H and O–H groups in total. The number of rotatable bonds is 3. The zero-order chi connectivity index (χ0) is 14.8. The molecule has 0 atom stereocenters. The van der Waals surface area contributed by atoms with E-state index in [4.69, 9.17) is 0 Å². The molecule has 1 aromatic heterocycles. The van der Waals surface area contributed by atoms with Crippen molar-refractivity contribution >= 4 is 5.97 Å². The van der Waals surface area contributed by atoms with Crippen LogP contribution in [0.3, 0.4) is 0 Å². The second kappa shape index (κ2) is 5.20. The number of hydrogen-bond acceptors (Lipinski definition) is 2. The molecule has 0 radical (unpaired) electrons. The van der Waals surface area contributed by atoms with E-state index < -0.39 is 11.8 Å². The maximum atomic E-state index is 13.8. The fourth-order valence-electron chi connectivity index (χ4n) is 2.10. The molecule has 0 unspecified atom stereocenters. The molecule has 0 aliphatic heterocycles. The lowest BCUT2D eigenvalue weighted by Gasteiger charge is -2.03. The van der Waals surface area contributed by atoms with Crippen LogP contribution < -0.4 is 0 Å². The first-order valence-corrected chi connectivity index (χ1v) is 6.30. The van der Waals surface area contributed by atoms with Gasteiger partial charge in [0.2, 0.25) is 0 Å². The van der Waals surface area contributed by atoms with Crippen LogP contribution >= 0.6 is 0 Å². The Morgan fingerprint density at radius 2 is 1.71 bits per heavy atom. The first-order valence-electron chi connectivity index (χ1n) is 6.30. The Morgan fingerprint density at radius 3 is 2.38 bits per heavy atom. The zero-order valence-electron chi connectivity index (χ0n) is 10.9. The number of benzene rings is 2. The van der Waals surface area contributed by atoms with E-state index in [9.17, 15) is 14.3 Å². The molecule has 104 valence electrons. The Hall–Kier alpha value is -2.95. The van der Waals surface area contributed by atoms with Crippen molar-refractivity contribution in [3.8, 4) is 16.9 Å². The molecule has 21 heavy (non-hydrogen) atoms. The van der Waals surface area contributed by atoms with Gasteiger partial charge in [0.25, 0.3) is 0 Å².